The molecule has 0 unspecified atom stereocenters. The lowest BCUT2D eigenvalue weighted by Gasteiger charge is -2.00. The van der Waals surface area contributed by atoms with Gasteiger partial charge in [-0.25, -0.2) is 0 Å². The number of para-hydroxylation sites is 1. The van der Waals surface area contributed by atoms with E-state index in [0.29, 0.717) is 0 Å². The van der Waals surface area contributed by atoms with E-state index in [0.717, 1.165) is 27.4 Å². The van der Waals surface area contributed by atoms with Gasteiger partial charge >= 0.3 is 0 Å². The van der Waals surface area contributed by atoms with Crippen molar-refractivity contribution in [3.8, 4) is 0 Å². The zero-order chi connectivity index (χ0) is 10.3. The summed E-state index contributed by atoms with van der Waals surface area (Å²) < 4.78 is 2.84. The van der Waals surface area contributed by atoms with Crippen molar-refractivity contribution in [2.75, 3.05) is 0 Å². The Kier molecular flexibility index (Phi) is 2.19. The van der Waals surface area contributed by atoms with Gasteiger partial charge in [0.15, 0.2) is 6.29 Å². The topological polar surface area (TPSA) is 22.0 Å². The molecule has 2 aromatic rings. The predicted molar refractivity (Wildman–Crippen MR) is 60.7 cm³/mol. The molecule has 0 radical (unpaired) electrons. The lowest BCUT2D eigenvalue weighted by Crippen LogP contribution is -1.89. The molecule has 72 valence electrons. The van der Waals surface area contributed by atoms with Crippen LogP contribution in [0, 0.1) is 6.92 Å². The summed E-state index contributed by atoms with van der Waals surface area (Å²) in [6.07, 6.45) is 0.895. The highest BCUT2D eigenvalue weighted by Gasteiger charge is 2.12. The van der Waals surface area contributed by atoms with E-state index in [1.165, 1.54) is 5.56 Å². The van der Waals surface area contributed by atoms with E-state index in [4.69, 9.17) is 0 Å². The summed E-state index contributed by atoms with van der Waals surface area (Å²) in [4.78, 5) is 10.9. The van der Waals surface area contributed by atoms with Gasteiger partial charge in [-0.1, -0.05) is 18.2 Å². The highest BCUT2D eigenvalue weighted by Crippen LogP contribution is 2.29. The molecule has 14 heavy (non-hydrogen) atoms. The van der Waals surface area contributed by atoms with Crippen molar-refractivity contribution in [3.05, 3.63) is 33.9 Å². The molecule has 0 saturated heterocycles. The van der Waals surface area contributed by atoms with Crippen molar-refractivity contribution in [3.63, 3.8) is 0 Å². The molecule has 0 atom stereocenters. The number of aldehydes is 1. The zero-order valence-corrected chi connectivity index (χ0v) is 9.63. The number of nitrogens with zero attached hydrogens (tertiary/aromatic N) is 1. The maximum absolute atomic E-state index is 10.9. The van der Waals surface area contributed by atoms with Gasteiger partial charge in [-0.15, -0.1) is 0 Å². The van der Waals surface area contributed by atoms with E-state index >= 15 is 0 Å². The second-order valence-corrected chi connectivity index (χ2v) is 4.10. The van der Waals surface area contributed by atoms with Crippen molar-refractivity contribution >= 4 is 33.1 Å². The fourth-order valence-electron chi connectivity index (χ4n) is 1.82. The van der Waals surface area contributed by atoms with E-state index in [9.17, 15) is 4.79 Å². The van der Waals surface area contributed by atoms with Crippen LogP contribution in [-0.4, -0.2) is 10.9 Å². The normalized spacial score (nSPS) is 10.8. The third kappa shape index (κ3) is 1.12. The van der Waals surface area contributed by atoms with Crippen LogP contribution in [0.2, 0.25) is 0 Å². The molecule has 1 aromatic carbocycles. The Balaban J connectivity index is 3.02. The Morgan fingerprint density at radius 3 is 2.79 bits per heavy atom. The van der Waals surface area contributed by atoms with Gasteiger partial charge in [0, 0.05) is 12.4 Å². The molecular formula is C11H10BrNO. The van der Waals surface area contributed by atoms with Crippen LogP contribution < -0.4 is 0 Å². The Bertz CT molecular complexity index is 513. The van der Waals surface area contributed by atoms with Crippen LogP contribution in [0.15, 0.2) is 22.8 Å². The van der Waals surface area contributed by atoms with Gasteiger partial charge in [0.1, 0.15) is 0 Å². The molecule has 0 bridgehead atoms. The molecule has 0 aliphatic carbocycles. The number of halogens is 1. The molecule has 2 nitrogen and oxygen atoms in total. The fourth-order valence-corrected chi connectivity index (χ4v) is 2.31. The van der Waals surface area contributed by atoms with Crippen LogP contribution in [0.5, 0.6) is 0 Å². The van der Waals surface area contributed by atoms with Crippen LogP contribution in [0.1, 0.15) is 15.9 Å². The summed E-state index contributed by atoms with van der Waals surface area (Å²) in [5.41, 5.74) is 3.02. The van der Waals surface area contributed by atoms with Gasteiger partial charge in [0.05, 0.1) is 15.7 Å². The third-order valence-corrected chi connectivity index (χ3v) is 3.46. The summed E-state index contributed by atoms with van der Waals surface area (Å²) in [6.45, 7) is 2.04. The first-order chi connectivity index (χ1) is 6.66. The largest absolute Gasteiger partial charge is 0.338 e. The lowest BCUT2D eigenvalue weighted by atomic mass is 10.1. The van der Waals surface area contributed by atoms with Crippen molar-refractivity contribution in [1.82, 2.24) is 4.57 Å². The molecule has 1 aromatic heterocycles. The van der Waals surface area contributed by atoms with E-state index in [1.807, 2.05) is 36.7 Å². The Labute approximate surface area is 90.7 Å². The Morgan fingerprint density at radius 2 is 2.14 bits per heavy atom. The summed E-state index contributed by atoms with van der Waals surface area (Å²) in [7, 11) is 1.95. The Hall–Kier alpha value is -1.09. The first kappa shape index (κ1) is 9.46. The second-order valence-electron chi connectivity index (χ2n) is 3.35. The van der Waals surface area contributed by atoms with Gasteiger partial charge in [-0.3, -0.25) is 4.79 Å². The van der Waals surface area contributed by atoms with Crippen molar-refractivity contribution in [1.29, 1.82) is 0 Å². The van der Waals surface area contributed by atoms with Crippen LogP contribution in [0.4, 0.5) is 0 Å². The van der Waals surface area contributed by atoms with Crippen LogP contribution in [0.25, 0.3) is 10.9 Å². The second kappa shape index (κ2) is 3.24. The van der Waals surface area contributed by atoms with E-state index in [1.54, 1.807) is 0 Å². The van der Waals surface area contributed by atoms with Gasteiger partial charge in [-0.2, -0.15) is 0 Å². The van der Waals surface area contributed by atoms with Gasteiger partial charge in [0.2, 0.25) is 0 Å². The molecular weight excluding hydrogens is 242 g/mol. The van der Waals surface area contributed by atoms with Crippen molar-refractivity contribution < 1.29 is 4.79 Å². The summed E-state index contributed by atoms with van der Waals surface area (Å²) in [6, 6.07) is 5.98. The molecule has 3 heteroatoms. The van der Waals surface area contributed by atoms with Gasteiger partial charge in [0.25, 0.3) is 0 Å². The summed E-state index contributed by atoms with van der Waals surface area (Å²) in [5.74, 6) is 0. The fraction of sp³-hybridized carbons (Fsp3) is 0.182. The molecule has 0 N–H and O–H groups in total. The highest BCUT2D eigenvalue weighted by molar-refractivity contribution is 9.10. The van der Waals surface area contributed by atoms with Crippen LogP contribution in [0.3, 0.4) is 0 Å². The minimum Gasteiger partial charge on any atom is -0.338 e. The van der Waals surface area contributed by atoms with Crippen LogP contribution in [-0.2, 0) is 7.05 Å². The molecule has 0 spiro atoms. The molecule has 0 aliphatic heterocycles. The lowest BCUT2D eigenvalue weighted by molar-refractivity contribution is 0.112. The van der Waals surface area contributed by atoms with Crippen molar-refractivity contribution in [2.45, 2.75) is 6.92 Å². The quantitative estimate of drug-likeness (QED) is 0.715. The SMILES string of the molecule is Cc1cccc2c(C=O)c(Br)n(C)c12. The number of benzene rings is 1. The number of carbonyl (C=O) groups excluding carboxylic acids is 1. The maximum Gasteiger partial charge on any atom is 0.153 e. The predicted octanol–water partition coefficient (Wildman–Crippen LogP) is 3.06. The number of aryl methyl sites for hydroxylation is 2. The molecule has 0 fully saturated rings. The smallest absolute Gasteiger partial charge is 0.153 e. The average Bonchev–Trinajstić information content (AvgIpc) is 2.41. The molecule has 1 heterocycles. The van der Waals surface area contributed by atoms with E-state index in [2.05, 4.69) is 15.9 Å². The Morgan fingerprint density at radius 1 is 1.43 bits per heavy atom. The first-order valence-electron chi connectivity index (χ1n) is 4.35. The van der Waals surface area contributed by atoms with Crippen molar-refractivity contribution in [2.24, 2.45) is 7.05 Å². The van der Waals surface area contributed by atoms with Crippen LogP contribution >= 0.6 is 15.9 Å². The minimum atomic E-state index is 0.728. The van der Waals surface area contributed by atoms with Gasteiger partial charge < -0.3 is 4.57 Å². The number of aromatic nitrogens is 1. The minimum absolute atomic E-state index is 0.728. The standard InChI is InChI=1S/C11H10BrNO/c1-7-4-3-5-8-9(6-14)11(12)13(2)10(7)8/h3-6H,1-2H3. The number of rotatable bonds is 1. The summed E-state index contributed by atoms with van der Waals surface area (Å²) in [5, 5.41) is 1.01. The average molecular weight is 252 g/mol. The third-order valence-electron chi connectivity index (χ3n) is 2.50. The monoisotopic (exact) mass is 251 g/mol. The summed E-state index contributed by atoms with van der Waals surface area (Å²) >= 11 is 3.42. The molecule has 0 saturated carbocycles. The number of carbonyl (C=O) groups is 1. The zero-order valence-electron chi connectivity index (χ0n) is 8.04. The first-order valence-corrected chi connectivity index (χ1v) is 5.14. The van der Waals surface area contributed by atoms with E-state index in [-0.39, 0.29) is 0 Å². The van der Waals surface area contributed by atoms with E-state index < -0.39 is 0 Å². The molecule has 2 rings (SSSR count). The highest BCUT2D eigenvalue weighted by atomic mass is 79.9. The molecule has 0 aliphatic rings. The van der Waals surface area contributed by atoms with Gasteiger partial charge in [-0.05, 0) is 28.4 Å². The molecule has 0 amide bonds. The number of hydrogen-bond donors (Lipinski definition) is 0. The number of hydrogen-bond acceptors (Lipinski definition) is 1. The maximum atomic E-state index is 10.9. The number of fused-ring (bicyclic) bond motifs is 1.